The lowest BCUT2D eigenvalue weighted by Gasteiger charge is -2.34. The first-order valence-corrected chi connectivity index (χ1v) is 13.3. The highest BCUT2D eigenvalue weighted by Gasteiger charge is 2.33. The van der Waals surface area contributed by atoms with E-state index in [0.717, 1.165) is 18.4 Å². The van der Waals surface area contributed by atoms with Crippen LogP contribution in [-0.4, -0.2) is 65.2 Å². The summed E-state index contributed by atoms with van der Waals surface area (Å²) in [5.41, 5.74) is 0.259. The zero-order valence-electron chi connectivity index (χ0n) is 22.2. The summed E-state index contributed by atoms with van der Waals surface area (Å²) in [5.74, 6) is -1.01. The monoisotopic (exact) mass is 515 g/mol. The normalized spacial score (nSPS) is 21.5. The molecule has 9 nitrogen and oxygen atoms in total. The third kappa shape index (κ3) is 9.05. The van der Waals surface area contributed by atoms with Crippen LogP contribution in [0.15, 0.2) is 30.3 Å². The van der Waals surface area contributed by atoms with Gasteiger partial charge in [0.1, 0.15) is 11.6 Å². The van der Waals surface area contributed by atoms with E-state index in [1.807, 2.05) is 30.3 Å². The van der Waals surface area contributed by atoms with E-state index in [2.05, 4.69) is 10.6 Å². The molecule has 1 aliphatic carbocycles. The first-order chi connectivity index (χ1) is 17.5. The van der Waals surface area contributed by atoms with Crippen LogP contribution in [0.25, 0.3) is 0 Å². The topological polar surface area (TPSA) is 125 Å². The van der Waals surface area contributed by atoms with E-state index < -0.39 is 23.7 Å². The van der Waals surface area contributed by atoms with Gasteiger partial charge in [-0.25, -0.2) is 4.79 Å². The molecule has 1 atom stereocenters. The van der Waals surface area contributed by atoms with Gasteiger partial charge in [-0.3, -0.25) is 14.4 Å². The van der Waals surface area contributed by atoms with Crippen molar-refractivity contribution in [2.75, 3.05) is 19.6 Å². The second kappa shape index (κ2) is 12.9. The molecule has 1 saturated heterocycles. The maximum Gasteiger partial charge on any atom is 0.408 e. The summed E-state index contributed by atoms with van der Waals surface area (Å²) < 4.78 is 5.38. The molecule has 1 aliphatic heterocycles. The van der Waals surface area contributed by atoms with Crippen LogP contribution < -0.4 is 10.6 Å². The zero-order chi connectivity index (χ0) is 27.0. The lowest BCUT2D eigenvalue weighted by Crippen LogP contribution is -2.53. The fourth-order valence-electron chi connectivity index (χ4n) is 5.08. The molecule has 0 aromatic heterocycles. The van der Waals surface area contributed by atoms with Crippen molar-refractivity contribution in [3.63, 3.8) is 0 Å². The van der Waals surface area contributed by atoms with Crippen LogP contribution in [0, 0.1) is 17.8 Å². The molecule has 3 amide bonds. The predicted molar refractivity (Wildman–Crippen MR) is 139 cm³/mol. The van der Waals surface area contributed by atoms with Crippen molar-refractivity contribution in [2.24, 2.45) is 17.8 Å². The first-order valence-electron chi connectivity index (χ1n) is 13.3. The number of carbonyl (C=O) groups excluding carboxylic acids is 3. The molecule has 1 unspecified atom stereocenters. The molecule has 1 saturated carbocycles. The summed E-state index contributed by atoms with van der Waals surface area (Å²) in [6.07, 6.45) is 3.81. The lowest BCUT2D eigenvalue weighted by molar-refractivity contribution is -0.143. The summed E-state index contributed by atoms with van der Waals surface area (Å²) in [7, 11) is 0. The van der Waals surface area contributed by atoms with E-state index >= 15 is 0 Å². The van der Waals surface area contributed by atoms with Crippen LogP contribution in [-0.2, 0) is 25.5 Å². The number of nitrogens with zero attached hydrogens (tertiary/aromatic N) is 1. The molecule has 9 heteroatoms. The first kappa shape index (κ1) is 28.5. The van der Waals surface area contributed by atoms with Crippen molar-refractivity contribution in [1.82, 2.24) is 15.5 Å². The van der Waals surface area contributed by atoms with Crippen molar-refractivity contribution in [1.29, 1.82) is 0 Å². The number of hydrogen-bond donors (Lipinski definition) is 3. The van der Waals surface area contributed by atoms with E-state index in [0.29, 0.717) is 57.7 Å². The van der Waals surface area contributed by atoms with Gasteiger partial charge in [-0.2, -0.15) is 0 Å². The summed E-state index contributed by atoms with van der Waals surface area (Å²) in [5, 5.41) is 14.9. The Kier molecular flexibility index (Phi) is 9.94. The molecular formula is C28H41N3O6. The number of amides is 3. The SMILES string of the molecule is CC(C)(C)OC(=O)NC(Cc1ccccc1)C(=O)N1CCC(C(=O)NCC2CCC(C(=O)O)CC2)CC1. The number of piperidine rings is 1. The number of carboxylic acids is 1. The highest BCUT2D eigenvalue weighted by molar-refractivity contribution is 5.86. The number of alkyl carbamates (subject to hydrolysis) is 1. The van der Waals surface area contributed by atoms with E-state index in [1.165, 1.54) is 0 Å². The molecule has 1 aromatic carbocycles. The molecule has 2 aliphatic rings. The average Bonchev–Trinajstić information content (AvgIpc) is 2.86. The third-order valence-corrected chi connectivity index (χ3v) is 7.21. The summed E-state index contributed by atoms with van der Waals surface area (Å²) in [6, 6.07) is 8.77. The molecular weight excluding hydrogens is 474 g/mol. The minimum Gasteiger partial charge on any atom is -0.481 e. The van der Waals surface area contributed by atoms with Gasteiger partial charge >= 0.3 is 12.1 Å². The van der Waals surface area contributed by atoms with Crippen molar-refractivity contribution >= 4 is 23.9 Å². The van der Waals surface area contributed by atoms with E-state index in [4.69, 9.17) is 9.84 Å². The minimum atomic E-state index is -0.761. The molecule has 3 N–H and O–H groups in total. The lowest BCUT2D eigenvalue weighted by atomic mass is 9.82. The Labute approximate surface area is 219 Å². The molecule has 1 aromatic rings. The number of carboxylic acid groups (broad SMARTS) is 1. The molecule has 0 spiro atoms. The van der Waals surface area contributed by atoms with Gasteiger partial charge in [-0.05, 0) is 70.8 Å². The number of aliphatic carboxylic acids is 1. The van der Waals surface area contributed by atoms with Gasteiger partial charge in [-0.1, -0.05) is 30.3 Å². The maximum absolute atomic E-state index is 13.4. The van der Waals surface area contributed by atoms with Crippen molar-refractivity contribution in [3.8, 4) is 0 Å². The second-order valence-electron chi connectivity index (χ2n) is 11.3. The highest BCUT2D eigenvalue weighted by Crippen LogP contribution is 2.28. The number of nitrogens with one attached hydrogen (secondary N) is 2. The van der Waals surface area contributed by atoms with Crippen molar-refractivity contribution in [3.05, 3.63) is 35.9 Å². The number of rotatable bonds is 8. The standard InChI is InChI=1S/C28H41N3O6/c1-28(2,3)37-27(36)30-23(17-19-7-5-4-6-8-19)25(33)31-15-13-21(14-16-31)24(32)29-18-20-9-11-22(12-10-20)26(34)35/h4-8,20-23H,9-18H2,1-3H3,(H,29,32)(H,30,36)(H,34,35). The van der Waals surface area contributed by atoms with Crippen LogP contribution >= 0.6 is 0 Å². The average molecular weight is 516 g/mol. The predicted octanol–water partition coefficient (Wildman–Crippen LogP) is 3.37. The molecule has 204 valence electrons. The number of carbonyl (C=O) groups is 4. The number of likely N-dealkylation sites (tertiary alicyclic amines) is 1. The molecule has 2 fully saturated rings. The van der Waals surface area contributed by atoms with Gasteiger partial charge in [-0.15, -0.1) is 0 Å². The Morgan fingerprint density at radius 2 is 1.59 bits per heavy atom. The van der Waals surface area contributed by atoms with Gasteiger partial charge in [0.15, 0.2) is 0 Å². The van der Waals surface area contributed by atoms with Crippen LogP contribution in [0.2, 0.25) is 0 Å². The van der Waals surface area contributed by atoms with E-state index in [9.17, 15) is 19.2 Å². The van der Waals surface area contributed by atoms with Crippen LogP contribution in [0.3, 0.4) is 0 Å². The van der Waals surface area contributed by atoms with Crippen LogP contribution in [0.4, 0.5) is 4.79 Å². The number of hydrogen-bond acceptors (Lipinski definition) is 5. The van der Waals surface area contributed by atoms with E-state index in [-0.39, 0.29) is 23.7 Å². The molecule has 1 heterocycles. The molecule has 3 rings (SSSR count). The molecule has 37 heavy (non-hydrogen) atoms. The summed E-state index contributed by atoms with van der Waals surface area (Å²) in [4.78, 5) is 51.5. The maximum atomic E-state index is 13.4. The van der Waals surface area contributed by atoms with Gasteiger partial charge in [0.25, 0.3) is 0 Å². The Bertz CT molecular complexity index is 929. The largest absolute Gasteiger partial charge is 0.481 e. The minimum absolute atomic E-state index is 0.000160. The molecule has 0 bridgehead atoms. The van der Waals surface area contributed by atoms with Gasteiger partial charge in [0.2, 0.25) is 11.8 Å². The van der Waals surface area contributed by atoms with Crippen molar-refractivity contribution in [2.45, 2.75) is 77.4 Å². The fourth-order valence-corrected chi connectivity index (χ4v) is 5.08. The molecule has 0 radical (unpaired) electrons. The van der Waals surface area contributed by atoms with Gasteiger partial charge in [0.05, 0.1) is 5.92 Å². The Morgan fingerprint density at radius 1 is 0.973 bits per heavy atom. The van der Waals surface area contributed by atoms with Crippen LogP contribution in [0.1, 0.15) is 64.9 Å². The number of benzene rings is 1. The Balaban J connectivity index is 1.50. The van der Waals surface area contributed by atoms with Gasteiger partial charge < -0.3 is 25.4 Å². The number of ether oxygens (including phenoxy) is 1. The van der Waals surface area contributed by atoms with Crippen LogP contribution in [0.5, 0.6) is 0 Å². The quantitative estimate of drug-likeness (QED) is 0.488. The van der Waals surface area contributed by atoms with Crippen molar-refractivity contribution < 1.29 is 29.0 Å². The van der Waals surface area contributed by atoms with Gasteiger partial charge in [0, 0.05) is 32.0 Å². The fraction of sp³-hybridized carbons (Fsp3) is 0.643. The Hall–Kier alpha value is -3.10. The Morgan fingerprint density at radius 3 is 2.16 bits per heavy atom. The third-order valence-electron chi connectivity index (χ3n) is 7.21. The second-order valence-corrected chi connectivity index (χ2v) is 11.3. The highest BCUT2D eigenvalue weighted by atomic mass is 16.6. The summed E-state index contributed by atoms with van der Waals surface area (Å²) >= 11 is 0. The zero-order valence-corrected chi connectivity index (χ0v) is 22.2. The smallest absolute Gasteiger partial charge is 0.408 e. The van der Waals surface area contributed by atoms with E-state index in [1.54, 1.807) is 25.7 Å². The summed E-state index contributed by atoms with van der Waals surface area (Å²) in [6.45, 7) is 6.79.